The molecule has 1 aliphatic heterocycles. The zero-order valence-electron chi connectivity index (χ0n) is 11.3. The fourth-order valence-electron chi connectivity index (χ4n) is 2.00. The number of hydrogen-bond donors (Lipinski definition) is 2. The SMILES string of the molecule is COc1ccc(C#CCO)cc1NC(=O)C1CCSC1. The van der Waals surface area contributed by atoms with Gasteiger partial charge in [0.2, 0.25) is 5.91 Å². The van der Waals surface area contributed by atoms with E-state index in [1.165, 1.54) is 0 Å². The minimum Gasteiger partial charge on any atom is -0.495 e. The maximum absolute atomic E-state index is 12.2. The number of thioether (sulfide) groups is 1. The third kappa shape index (κ3) is 3.69. The van der Waals surface area contributed by atoms with Gasteiger partial charge in [0.25, 0.3) is 0 Å². The Bertz CT molecular complexity index is 542. The van der Waals surface area contributed by atoms with Gasteiger partial charge in [0.15, 0.2) is 0 Å². The van der Waals surface area contributed by atoms with Crippen molar-refractivity contribution >= 4 is 23.4 Å². The molecule has 0 saturated carbocycles. The van der Waals surface area contributed by atoms with E-state index in [0.29, 0.717) is 11.4 Å². The first-order chi connectivity index (χ1) is 9.74. The normalized spacial score (nSPS) is 17.2. The van der Waals surface area contributed by atoms with Gasteiger partial charge in [0.05, 0.1) is 12.8 Å². The monoisotopic (exact) mass is 291 g/mol. The van der Waals surface area contributed by atoms with E-state index in [4.69, 9.17) is 9.84 Å². The van der Waals surface area contributed by atoms with Gasteiger partial charge in [-0.25, -0.2) is 0 Å². The molecule has 1 unspecified atom stereocenters. The van der Waals surface area contributed by atoms with Crippen LogP contribution in [0.3, 0.4) is 0 Å². The molecule has 2 rings (SSSR count). The molecular weight excluding hydrogens is 274 g/mol. The number of hydrogen-bond acceptors (Lipinski definition) is 4. The molecule has 1 saturated heterocycles. The number of anilines is 1. The van der Waals surface area contributed by atoms with Gasteiger partial charge >= 0.3 is 0 Å². The van der Waals surface area contributed by atoms with Crippen LogP contribution in [0.25, 0.3) is 0 Å². The van der Waals surface area contributed by atoms with Crippen molar-refractivity contribution in [2.45, 2.75) is 6.42 Å². The van der Waals surface area contributed by atoms with Gasteiger partial charge < -0.3 is 15.2 Å². The summed E-state index contributed by atoms with van der Waals surface area (Å²) >= 11 is 1.80. The number of ether oxygens (including phenoxy) is 1. The minimum atomic E-state index is -0.187. The van der Waals surface area contributed by atoms with Crippen LogP contribution in [0, 0.1) is 17.8 Å². The van der Waals surface area contributed by atoms with Gasteiger partial charge in [0.1, 0.15) is 12.4 Å². The van der Waals surface area contributed by atoms with Crippen LogP contribution >= 0.6 is 11.8 Å². The van der Waals surface area contributed by atoms with Gasteiger partial charge in [-0.15, -0.1) is 0 Å². The molecule has 0 radical (unpaired) electrons. The third-order valence-electron chi connectivity index (χ3n) is 3.07. The zero-order chi connectivity index (χ0) is 14.4. The first kappa shape index (κ1) is 14.8. The molecule has 1 aromatic rings. The number of carbonyl (C=O) groups excluding carboxylic acids is 1. The van der Waals surface area contributed by atoms with E-state index < -0.39 is 0 Å². The zero-order valence-corrected chi connectivity index (χ0v) is 12.1. The molecule has 1 atom stereocenters. The molecule has 0 bridgehead atoms. The predicted octanol–water partition coefficient (Wildman–Crippen LogP) is 1.73. The van der Waals surface area contributed by atoms with E-state index in [-0.39, 0.29) is 18.4 Å². The number of benzene rings is 1. The third-order valence-corrected chi connectivity index (χ3v) is 4.23. The molecule has 0 aromatic heterocycles. The van der Waals surface area contributed by atoms with E-state index in [1.807, 2.05) is 0 Å². The lowest BCUT2D eigenvalue weighted by atomic mass is 10.1. The van der Waals surface area contributed by atoms with Crippen LogP contribution in [-0.2, 0) is 4.79 Å². The predicted molar refractivity (Wildman–Crippen MR) is 81.0 cm³/mol. The van der Waals surface area contributed by atoms with Crippen LogP contribution in [0.15, 0.2) is 18.2 Å². The van der Waals surface area contributed by atoms with E-state index >= 15 is 0 Å². The Labute approximate surface area is 122 Å². The molecule has 1 fully saturated rings. The number of carbonyl (C=O) groups is 1. The molecule has 5 heteroatoms. The number of amides is 1. The van der Waals surface area contributed by atoms with Crippen molar-refractivity contribution < 1.29 is 14.6 Å². The summed E-state index contributed by atoms with van der Waals surface area (Å²) in [5.74, 6) is 8.02. The summed E-state index contributed by atoms with van der Waals surface area (Å²) in [5.41, 5.74) is 1.36. The molecule has 4 nitrogen and oxygen atoms in total. The van der Waals surface area contributed by atoms with Crippen molar-refractivity contribution in [3.8, 4) is 17.6 Å². The lowest BCUT2D eigenvalue weighted by Crippen LogP contribution is -2.22. The Morgan fingerprint density at radius 1 is 1.60 bits per heavy atom. The van der Waals surface area contributed by atoms with Crippen LogP contribution in [-0.4, -0.2) is 36.2 Å². The number of aliphatic hydroxyl groups is 1. The standard InChI is InChI=1S/C15H17NO3S/c1-19-14-5-4-11(3-2-7-17)9-13(14)16-15(18)12-6-8-20-10-12/h4-5,9,12,17H,6-8,10H2,1H3,(H,16,18). The summed E-state index contributed by atoms with van der Waals surface area (Å²) < 4.78 is 5.25. The average Bonchev–Trinajstić information content (AvgIpc) is 2.99. The van der Waals surface area contributed by atoms with Gasteiger partial charge in [0, 0.05) is 17.2 Å². The maximum atomic E-state index is 12.2. The molecule has 20 heavy (non-hydrogen) atoms. The maximum Gasteiger partial charge on any atom is 0.228 e. The average molecular weight is 291 g/mol. The second-order valence-corrected chi connectivity index (χ2v) is 5.57. The van der Waals surface area contributed by atoms with Crippen LogP contribution in [0.4, 0.5) is 5.69 Å². The fraction of sp³-hybridized carbons (Fsp3) is 0.400. The first-order valence-corrected chi connectivity index (χ1v) is 7.56. The van der Waals surface area contributed by atoms with Crippen molar-refractivity contribution in [1.29, 1.82) is 0 Å². The molecule has 2 N–H and O–H groups in total. The van der Waals surface area contributed by atoms with Crippen LogP contribution in [0.5, 0.6) is 5.75 Å². The van der Waals surface area contributed by atoms with E-state index in [2.05, 4.69) is 17.2 Å². The van der Waals surface area contributed by atoms with E-state index in [1.54, 1.807) is 37.1 Å². The Morgan fingerprint density at radius 3 is 3.10 bits per heavy atom. The van der Waals surface area contributed by atoms with Crippen LogP contribution < -0.4 is 10.1 Å². The molecular formula is C15H17NO3S. The number of aliphatic hydroxyl groups excluding tert-OH is 1. The summed E-state index contributed by atoms with van der Waals surface area (Å²) in [4.78, 5) is 12.2. The highest BCUT2D eigenvalue weighted by atomic mass is 32.2. The molecule has 1 heterocycles. The van der Waals surface area contributed by atoms with E-state index in [0.717, 1.165) is 23.5 Å². The second kappa shape index (κ2) is 7.22. The van der Waals surface area contributed by atoms with E-state index in [9.17, 15) is 4.79 Å². The Balaban J connectivity index is 2.17. The van der Waals surface area contributed by atoms with Gasteiger partial charge in [-0.05, 0) is 30.4 Å². The van der Waals surface area contributed by atoms with Crippen LogP contribution in [0.1, 0.15) is 12.0 Å². The smallest absolute Gasteiger partial charge is 0.228 e. The molecule has 1 amide bonds. The summed E-state index contributed by atoms with van der Waals surface area (Å²) in [7, 11) is 1.56. The Hall–Kier alpha value is -1.64. The minimum absolute atomic E-state index is 0.0283. The summed E-state index contributed by atoms with van der Waals surface area (Å²) in [6.45, 7) is -0.187. The van der Waals surface area contributed by atoms with Gasteiger partial charge in [-0.3, -0.25) is 4.79 Å². The molecule has 106 valence electrons. The first-order valence-electron chi connectivity index (χ1n) is 6.41. The second-order valence-electron chi connectivity index (χ2n) is 4.42. The van der Waals surface area contributed by atoms with Gasteiger partial charge in [-0.1, -0.05) is 11.8 Å². The van der Waals surface area contributed by atoms with Crippen molar-refractivity contribution in [2.75, 3.05) is 30.5 Å². The highest BCUT2D eigenvalue weighted by molar-refractivity contribution is 7.99. The molecule has 0 spiro atoms. The lowest BCUT2D eigenvalue weighted by Gasteiger charge is -2.13. The Morgan fingerprint density at radius 2 is 2.45 bits per heavy atom. The summed E-state index contributed by atoms with van der Waals surface area (Å²) in [5, 5.41) is 11.6. The lowest BCUT2D eigenvalue weighted by molar-refractivity contribution is -0.119. The Kier molecular flexibility index (Phi) is 5.33. The molecule has 1 aromatic carbocycles. The van der Waals surface area contributed by atoms with Crippen molar-refractivity contribution in [3.05, 3.63) is 23.8 Å². The number of methoxy groups -OCH3 is 1. The summed E-state index contributed by atoms with van der Waals surface area (Å²) in [6.07, 6.45) is 0.919. The number of rotatable bonds is 3. The topological polar surface area (TPSA) is 58.6 Å². The highest BCUT2D eigenvalue weighted by Gasteiger charge is 2.23. The van der Waals surface area contributed by atoms with Crippen LogP contribution in [0.2, 0.25) is 0 Å². The fourth-order valence-corrected chi connectivity index (χ4v) is 3.22. The quantitative estimate of drug-likeness (QED) is 0.833. The van der Waals surface area contributed by atoms with Crippen molar-refractivity contribution in [1.82, 2.24) is 0 Å². The summed E-state index contributed by atoms with van der Waals surface area (Å²) in [6, 6.07) is 5.32. The van der Waals surface area contributed by atoms with Gasteiger partial charge in [-0.2, -0.15) is 11.8 Å². The highest BCUT2D eigenvalue weighted by Crippen LogP contribution is 2.28. The van der Waals surface area contributed by atoms with Crippen molar-refractivity contribution in [2.24, 2.45) is 5.92 Å². The van der Waals surface area contributed by atoms with Crippen molar-refractivity contribution in [3.63, 3.8) is 0 Å². The number of nitrogens with one attached hydrogen (secondary N) is 1. The largest absolute Gasteiger partial charge is 0.495 e. The molecule has 1 aliphatic rings. The molecule has 0 aliphatic carbocycles.